The SMILES string of the molecule is CC1CC(C)CN(C(=O)CN2CCN(C(=O)[C@@H](N)C(C)(C)C)CC2)C1.Cl.Cl. The van der Waals surface area contributed by atoms with Crippen LogP contribution in [0.25, 0.3) is 0 Å². The van der Waals surface area contributed by atoms with Crippen molar-refractivity contribution in [2.24, 2.45) is 23.0 Å². The molecule has 0 aromatic carbocycles. The Bertz CT molecular complexity index is 481. The van der Waals surface area contributed by atoms with Gasteiger partial charge in [-0.3, -0.25) is 14.5 Å². The molecule has 27 heavy (non-hydrogen) atoms. The molecule has 6 nitrogen and oxygen atoms in total. The summed E-state index contributed by atoms with van der Waals surface area (Å²) >= 11 is 0. The van der Waals surface area contributed by atoms with Gasteiger partial charge in [-0.25, -0.2) is 0 Å². The number of carbonyl (C=O) groups is 2. The number of rotatable bonds is 3. The average Bonchev–Trinajstić information content (AvgIpc) is 2.52. The molecule has 2 amide bonds. The molecule has 2 heterocycles. The van der Waals surface area contributed by atoms with Crippen molar-refractivity contribution in [3.05, 3.63) is 0 Å². The fraction of sp³-hybridized carbons (Fsp3) is 0.895. The first kappa shape index (κ1) is 26.4. The van der Waals surface area contributed by atoms with Gasteiger partial charge < -0.3 is 15.5 Å². The monoisotopic (exact) mass is 424 g/mol. The maximum absolute atomic E-state index is 12.6. The van der Waals surface area contributed by atoms with E-state index in [1.807, 2.05) is 30.6 Å². The molecule has 2 aliphatic rings. The molecule has 2 fully saturated rings. The van der Waals surface area contributed by atoms with Crippen LogP contribution in [-0.4, -0.2) is 78.4 Å². The fourth-order valence-electron chi connectivity index (χ4n) is 3.85. The third-order valence-corrected chi connectivity index (χ3v) is 5.46. The Balaban J connectivity index is 0.00000338. The highest BCUT2D eigenvalue weighted by Crippen LogP contribution is 2.22. The molecule has 2 saturated heterocycles. The second kappa shape index (κ2) is 10.8. The van der Waals surface area contributed by atoms with Crippen LogP contribution in [0.4, 0.5) is 0 Å². The van der Waals surface area contributed by atoms with Crippen LogP contribution in [0.3, 0.4) is 0 Å². The largest absolute Gasteiger partial charge is 0.341 e. The lowest BCUT2D eigenvalue weighted by Gasteiger charge is -2.39. The number of piperidine rings is 1. The standard InChI is InChI=1S/C19H36N4O2.2ClH/c1-14-10-15(2)12-23(11-14)16(24)13-21-6-8-22(9-7-21)18(25)17(20)19(3,4)5;;/h14-15,17H,6-13,20H2,1-5H3;2*1H/t14?,15?,17-;;/m1../s1. The van der Waals surface area contributed by atoms with Gasteiger partial charge in [0.05, 0.1) is 12.6 Å². The second-order valence-corrected chi connectivity index (χ2v) is 9.19. The molecule has 0 aromatic rings. The van der Waals surface area contributed by atoms with Gasteiger partial charge in [0.1, 0.15) is 0 Å². The average molecular weight is 425 g/mol. The van der Waals surface area contributed by atoms with Crippen LogP contribution in [0.1, 0.15) is 41.0 Å². The first-order valence-corrected chi connectivity index (χ1v) is 9.62. The van der Waals surface area contributed by atoms with Gasteiger partial charge in [0.25, 0.3) is 0 Å². The quantitative estimate of drug-likeness (QED) is 0.750. The Morgan fingerprint density at radius 2 is 1.44 bits per heavy atom. The van der Waals surface area contributed by atoms with E-state index < -0.39 is 6.04 Å². The van der Waals surface area contributed by atoms with Crippen molar-refractivity contribution in [1.29, 1.82) is 0 Å². The van der Waals surface area contributed by atoms with E-state index in [1.54, 1.807) is 0 Å². The lowest BCUT2D eigenvalue weighted by Crippen LogP contribution is -2.57. The van der Waals surface area contributed by atoms with Gasteiger partial charge in [-0.05, 0) is 23.7 Å². The Morgan fingerprint density at radius 1 is 0.963 bits per heavy atom. The molecule has 2 aliphatic heterocycles. The molecule has 3 atom stereocenters. The van der Waals surface area contributed by atoms with Crippen LogP contribution < -0.4 is 5.73 Å². The summed E-state index contributed by atoms with van der Waals surface area (Å²) in [5.74, 6) is 1.42. The van der Waals surface area contributed by atoms with Crippen molar-refractivity contribution in [1.82, 2.24) is 14.7 Å². The van der Waals surface area contributed by atoms with Crippen LogP contribution in [-0.2, 0) is 9.59 Å². The highest BCUT2D eigenvalue weighted by atomic mass is 35.5. The minimum Gasteiger partial charge on any atom is -0.341 e. The normalized spacial score (nSPS) is 25.3. The fourth-order valence-corrected chi connectivity index (χ4v) is 3.85. The van der Waals surface area contributed by atoms with E-state index in [0.717, 1.165) is 26.2 Å². The van der Waals surface area contributed by atoms with Gasteiger partial charge in [0.2, 0.25) is 11.8 Å². The summed E-state index contributed by atoms with van der Waals surface area (Å²) in [7, 11) is 0. The van der Waals surface area contributed by atoms with Gasteiger partial charge in [-0.2, -0.15) is 0 Å². The molecular weight excluding hydrogens is 387 g/mol. The van der Waals surface area contributed by atoms with Gasteiger partial charge >= 0.3 is 0 Å². The zero-order valence-electron chi connectivity index (χ0n) is 17.4. The molecule has 0 radical (unpaired) electrons. The molecular formula is C19H38Cl2N4O2. The predicted octanol–water partition coefficient (Wildman–Crippen LogP) is 1.85. The number of amides is 2. The van der Waals surface area contributed by atoms with E-state index in [0.29, 0.717) is 31.5 Å². The lowest BCUT2D eigenvalue weighted by atomic mass is 9.86. The van der Waals surface area contributed by atoms with Gasteiger partial charge in [-0.15, -0.1) is 24.8 Å². The minimum absolute atomic E-state index is 0. The van der Waals surface area contributed by atoms with E-state index in [9.17, 15) is 9.59 Å². The molecule has 2 N–H and O–H groups in total. The van der Waals surface area contributed by atoms with Crippen molar-refractivity contribution in [3.8, 4) is 0 Å². The van der Waals surface area contributed by atoms with Gasteiger partial charge in [0, 0.05) is 39.3 Å². The Labute approximate surface area is 177 Å². The van der Waals surface area contributed by atoms with Crippen LogP contribution in [0.2, 0.25) is 0 Å². The summed E-state index contributed by atoms with van der Waals surface area (Å²) in [5, 5.41) is 0. The molecule has 2 unspecified atom stereocenters. The summed E-state index contributed by atoms with van der Waals surface area (Å²) in [5.41, 5.74) is 5.87. The lowest BCUT2D eigenvalue weighted by molar-refractivity contribution is -0.138. The number of nitrogens with two attached hydrogens (primary N) is 1. The first-order chi connectivity index (χ1) is 11.6. The summed E-state index contributed by atoms with van der Waals surface area (Å²) in [6, 6.07) is -0.475. The number of piperazine rings is 1. The molecule has 0 spiro atoms. The van der Waals surface area contributed by atoms with Gasteiger partial charge in [-0.1, -0.05) is 34.6 Å². The van der Waals surface area contributed by atoms with Crippen LogP contribution in [0.5, 0.6) is 0 Å². The van der Waals surface area contributed by atoms with Crippen LogP contribution in [0, 0.1) is 17.3 Å². The molecule has 160 valence electrons. The van der Waals surface area contributed by atoms with E-state index >= 15 is 0 Å². The van der Waals surface area contributed by atoms with Crippen LogP contribution >= 0.6 is 24.8 Å². The highest BCUT2D eigenvalue weighted by Gasteiger charge is 2.33. The maximum atomic E-state index is 12.6. The number of nitrogens with zero attached hydrogens (tertiary/aromatic N) is 3. The summed E-state index contributed by atoms with van der Waals surface area (Å²) in [4.78, 5) is 31.1. The first-order valence-electron chi connectivity index (χ1n) is 9.62. The third kappa shape index (κ3) is 7.41. The third-order valence-electron chi connectivity index (χ3n) is 5.46. The zero-order chi connectivity index (χ0) is 18.8. The van der Waals surface area contributed by atoms with Gasteiger partial charge in [0.15, 0.2) is 0 Å². The number of halogens is 2. The van der Waals surface area contributed by atoms with Crippen molar-refractivity contribution in [2.45, 2.75) is 47.1 Å². The highest BCUT2D eigenvalue weighted by molar-refractivity contribution is 5.85. The van der Waals surface area contributed by atoms with Crippen LogP contribution in [0.15, 0.2) is 0 Å². The predicted molar refractivity (Wildman–Crippen MR) is 114 cm³/mol. The maximum Gasteiger partial charge on any atom is 0.240 e. The molecule has 2 rings (SSSR count). The molecule has 8 heteroatoms. The van der Waals surface area contributed by atoms with Crippen molar-refractivity contribution < 1.29 is 9.59 Å². The van der Waals surface area contributed by atoms with E-state index in [-0.39, 0.29) is 42.0 Å². The molecule has 0 saturated carbocycles. The zero-order valence-corrected chi connectivity index (χ0v) is 19.1. The van der Waals surface area contributed by atoms with E-state index in [2.05, 4.69) is 18.7 Å². The van der Waals surface area contributed by atoms with Crippen molar-refractivity contribution in [3.63, 3.8) is 0 Å². The van der Waals surface area contributed by atoms with E-state index in [1.165, 1.54) is 6.42 Å². The smallest absolute Gasteiger partial charge is 0.240 e. The second-order valence-electron chi connectivity index (χ2n) is 9.19. The summed E-state index contributed by atoms with van der Waals surface area (Å²) in [6.07, 6.45) is 1.21. The number of hydrogen-bond donors (Lipinski definition) is 1. The summed E-state index contributed by atoms with van der Waals surface area (Å²) < 4.78 is 0. The molecule has 0 bridgehead atoms. The number of likely N-dealkylation sites (tertiary alicyclic amines) is 1. The Kier molecular flexibility index (Phi) is 10.6. The van der Waals surface area contributed by atoms with Crippen molar-refractivity contribution >= 4 is 36.6 Å². The Morgan fingerprint density at radius 3 is 1.89 bits per heavy atom. The Hall–Kier alpha value is -0.560. The summed E-state index contributed by atoms with van der Waals surface area (Å²) in [6.45, 7) is 15.4. The minimum atomic E-state index is -0.475. The van der Waals surface area contributed by atoms with E-state index in [4.69, 9.17) is 5.73 Å². The number of carbonyl (C=O) groups excluding carboxylic acids is 2. The topological polar surface area (TPSA) is 69.9 Å². The molecule has 0 aromatic heterocycles. The number of hydrogen-bond acceptors (Lipinski definition) is 4. The van der Waals surface area contributed by atoms with Crippen molar-refractivity contribution in [2.75, 3.05) is 45.8 Å². The molecule has 0 aliphatic carbocycles.